The van der Waals surface area contributed by atoms with Crippen molar-refractivity contribution in [1.82, 2.24) is 16.0 Å². The molecule has 0 bridgehead atoms. The topological polar surface area (TPSA) is 108 Å². The van der Waals surface area contributed by atoms with E-state index >= 15 is 0 Å². The average Bonchev–Trinajstić information content (AvgIpc) is 3.02. The average molecular weight is 664 g/mol. The lowest BCUT2D eigenvalue weighted by Crippen LogP contribution is -2.54. The molecule has 7 nitrogen and oxygen atoms in total. The molecule has 0 aliphatic rings. The van der Waals surface area contributed by atoms with Crippen LogP contribution < -0.4 is 16.0 Å². The highest BCUT2D eigenvalue weighted by Crippen LogP contribution is 2.28. The molecule has 0 aliphatic carbocycles. The molecule has 0 radical (unpaired) electrons. The van der Waals surface area contributed by atoms with Crippen molar-refractivity contribution >= 4 is 34.4 Å². The Hall–Kier alpha value is -4.75. The Morgan fingerprint density at radius 1 is 0.592 bits per heavy atom. The molecule has 4 N–H and O–H groups in total. The Morgan fingerprint density at radius 2 is 0.918 bits per heavy atom. The minimum Gasteiger partial charge on any atom is -0.382 e. The van der Waals surface area contributed by atoms with Crippen molar-refractivity contribution in [2.45, 2.75) is 91.5 Å². The summed E-state index contributed by atoms with van der Waals surface area (Å²) in [6.45, 7) is 28.8. The summed E-state index contributed by atoms with van der Waals surface area (Å²) in [6, 6.07) is 23.0. The number of allylic oxidation sites excluding steroid dienone is 3. The number of carbonyl (C=O) groups is 3. The van der Waals surface area contributed by atoms with E-state index < -0.39 is 52.8 Å². The Morgan fingerprint density at radius 3 is 1.27 bits per heavy atom. The number of nitrogens with one attached hydrogen (secondary N) is 3. The molecule has 49 heavy (non-hydrogen) atoms. The van der Waals surface area contributed by atoms with Gasteiger partial charge in [-0.1, -0.05) is 91.1 Å². The van der Waals surface area contributed by atoms with Gasteiger partial charge in [-0.25, -0.2) is 0 Å². The summed E-state index contributed by atoms with van der Waals surface area (Å²) in [7, 11) is 0. The van der Waals surface area contributed by atoms with E-state index in [4.69, 9.17) is 0 Å². The van der Waals surface area contributed by atoms with Gasteiger partial charge in [-0.2, -0.15) is 0 Å². The number of aliphatic hydroxyl groups excluding tert-OH is 1. The zero-order valence-electron chi connectivity index (χ0n) is 30.6. The molecule has 0 saturated carbocycles. The van der Waals surface area contributed by atoms with Gasteiger partial charge in [0.25, 0.3) is 0 Å². The van der Waals surface area contributed by atoms with E-state index in [0.29, 0.717) is 0 Å². The van der Waals surface area contributed by atoms with Crippen LogP contribution in [0.1, 0.15) is 102 Å². The third-order valence-electron chi connectivity index (χ3n) is 8.95. The van der Waals surface area contributed by atoms with Gasteiger partial charge in [-0.15, -0.1) is 0 Å². The van der Waals surface area contributed by atoms with Crippen LogP contribution in [-0.2, 0) is 31.0 Å². The maximum atomic E-state index is 14.1. The minimum absolute atomic E-state index is 0.433. The van der Waals surface area contributed by atoms with Crippen LogP contribution in [0.5, 0.6) is 0 Å². The molecule has 7 heteroatoms. The first-order chi connectivity index (χ1) is 22.6. The maximum Gasteiger partial charge on any atom is 0.250 e. The van der Waals surface area contributed by atoms with Crippen molar-refractivity contribution in [3.05, 3.63) is 126 Å². The molecule has 0 spiro atoms. The van der Waals surface area contributed by atoms with Crippen LogP contribution in [0.25, 0.3) is 16.7 Å². The maximum absolute atomic E-state index is 14.1. The quantitative estimate of drug-likeness (QED) is 0.142. The fourth-order valence-electron chi connectivity index (χ4n) is 5.65. The monoisotopic (exact) mass is 663 g/mol. The molecule has 0 aliphatic heterocycles. The van der Waals surface area contributed by atoms with Crippen LogP contribution in [-0.4, -0.2) is 28.9 Å². The highest BCUT2D eigenvalue weighted by atomic mass is 16.3. The normalized spacial score (nSPS) is 13.1. The zero-order valence-corrected chi connectivity index (χ0v) is 30.6. The molecular weight excluding hydrogens is 610 g/mol. The number of hydrogen-bond acceptors (Lipinski definition) is 4. The highest BCUT2D eigenvalue weighted by Gasteiger charge is 2.39. The van der Waals surface area contributed by atoms with E-state index in [1.807, 2.05) is 135 Å². The number of hydrogen-bond donors (Lipinski definition) is 4. The van der Waals surface area contributed by atoms with Crippen molar-refractivity contribution in [3.63, 3.8) is 0 Å². The number of carbonyl (C=O) groups excluding carboxylic acids is 3. The summed E-state index contributed by atoms with van der Waals surface area (Å²) >= 11 is 0. The molecule has 2 atom stereocenters. The largest absolute Gasteiger partial charge is 0.382 e. The SMILES string of the molecule is C=C(C)c1cccc(C(C)(C)NC(=O)CC(C(=O)NC(C)(C)c2cccc(C(=C)C)c2)C(O)C(=O)NC(C)(C)c2cccc(C(=C)C)c2)c1. The van der Waals surface area contributed by atoms with Crippen LogP contribution >= 0.6 is 0 Å². The Balaban J connectivity index is 1.93. The Kier molecular flexibility index (Phi) is 12.0. The van der Waals surface area contributed by atoms with Gasteiger partial charge in [0, 0.05) is 6.42 Å². The Labute approximate surface area is 292 Å². The van der Waals surface area contributed by atoms with Crippen molar-refractivity contribution in [3.8, 4) is 0 Å². The van der Waals surface area contributed by atoms with Crippen molar-refractivity contribution in [1.29, 1.82) is 0 Å². The van der Waals surface area contributed by atoms with E-state index in [-0.39, 0.29) is 0 Å². The van der Waals surface area contributed by atoms with Crippen LogP contribution in [0.4, 0.5) is 0 Å². The second kappa shape index (κ2) is 15.2. The molecule has 0 heterocycles. The van der Waals surface area contributed by atoms with Crippen molar-refractivity contribution in [2.24, 2.45) is 5.92 Å². The zero-order chi connectivity index (χ0) is 36.9. The van der Waals surface area contributed by atoms with E-state index in [0.717, 1.165) is 50.1 Å². The summed E-state index contributed by atoms with van der Waals surface area (Å²) in [4.78, 5) is 41.5. The molecule has 3 rings (SSSR count). The first kappa shape index (κ1) is 38.7. The second-order valence-electron chi connectivity index (χ2n) is 14.7. The molecule has 260 valence electrons. The van der Waals surface area contributed by atoms with Crippen LogP contribution in [0.15, 0.2) is 92.5 Å². The summed E-state index contributed by atoms with van der Waals surface area (Å²) < 4.78 is 0. The molecular formula is C42H53N3O4. The van der Waals surface area contributed by atoms with Crippen LogP contribution in [0.3, 0.4) is 0 Å². The second-order valence-corrected chi connectivity index (χ2v) is 14.7. The molecule has 3 aromatic rings. The van der Waals surface area contributed by atoms with Gasteiger partial charge in [0.05, 0.1) is 22.5 Å². The molecule has 0 aromatic heterocycles. The van der Waals surface area contributed by atoms with Gasteiger partial charge in [-0.3, -0.25) is 14.4 Å². The summed E-state index contributed by atoms with van der Waals surface area (Å²) in [5, 5.41) is 20.5. The summed E-state index contributed by atoms with van der Waals surface area (Å²) in [5.41, 5.74) is 5.23. The van der Waals surface area contributed by atoms with E-state index in [2.05, 4.69) is 35.7 Å². The smallest absolute Gasteiger partial charge is 0.250 e. The van der Waals surface area contributed by atoms with Gasteiger partial charge in [-0.05, 0) is 114 Å². The van der Waals surface area contributed by atoms with Gasteiger partial charge in [0.1, 0.15) is 6.10 Å². The van der Waals surface area contributed by atoms with E-state index in [1.54, 1.807) is 0 Å². The fourth-order valence-corrected chi connectivity index (χ4v) is 5.65. The minimum atomic E-state index is -1.83. The predicted molar refractivity (Wildman–Crippen MR) is 201 cm³/mol. The number of benzene rings is 3. The number of rotatable bonds is 14. The fraction of sp³-hybridized carbons (Fsp3) is 0.357. The van der Waals surface area contributed by atoms with Gasteiger partial charge in [0.2, 0.25) is 17.7 Å². The number of amides is 3. The highest BCUT2D eigenvalue weighted by molar-refractivity contribution is 5.93. The molecule has 3 amide bonds. The van der Waals surface area contributed by atoms with Gasteiger partial charge >= 0.3 is 0 Å². The summed E-state index contributed by atoms with van der Waals surface area (Å²) in [6.07, 6.45) is -2.26. The van der Waals surface area contributed by atoms with Crippen molar-refractivity contribution in [2.75, 3.05) is 0 Å². The molecule has 0 saturated heterocycles. The van der Waals surface area contributed by atoms with E-state index in [1.165, 1.54) is 0 Å². The Bertz CT molecular complexity index is 1760. The first-order valence-corrected chi connectivity index (χ1v) is 16.6. The van der Waals surface area contributed by atoms with Crippen molar-refractivity contribution < 1.29 is 19.5 Å². The third kappa shape index (κ3) is 9.89. The first-order valence-electron chi connectivity index (χ1n) is 16.6. The standard InChI is InChI=1S/C42H53N3O4/c1-26(2)29-16-13-19-32(22-29)40(7,8)43-36(46)25-35(38(48)44-41(9,10)33-20-14-17-30(23-33)27(3)4)37(47)39(49)45-42(11,12)34-21-15-18-31(24-34)28(5)6/h13-24,35,37,47H,1,3,5,25H2,2,4,6-12H3,(H,43,46)(H,44,48)(H,45,49). The van der Waals surface area contributed by atoms with Gasteiger partial charge in [0.15, 0.2) is 0 Å². The predicted octanol–water partition coefficient (Wildman–Crippen LogP) is 7.61. The molecule has 0 fully saturated rings. The lowest BCUT2D eigenvalue weighted by atomic mass is 9.87. The van der Waals surface area contributed by atoms with Gasteiger partial charge < -0.3 is 21.1 Å². The third-order valence-corrected chi connectivity index (χ3v) is 8.95. The molecule has 3 aromatic carbocycles. The molecule has 2 unspecified atom stereocenters. The summed E-state index contributed by atoms with van der Waals surface area (Å²) in [5.74, 6) is -3.30. The van der Waals surface area contributed by atoms with Crippen LogP contribution in [0, 0.1) is 5.92 Å². The number of aliphatic hydroxyl groups is 1. The van der Waals surface area contributed by atoms with E-state index in [9.17, 15) is 19.5 Å². The van der Waals surface area contributed by atoms with Crippen LogP contribution in [0.2, 0.25) is 0 Å². The lowest BCUT2D eigenvalue weighted by Gasteiger charge is -2.33. The lowest BCUT2D eigenvalue weighted by molar-refractivity contribution is -0.144.